The van der Waals surface area contributed by atoms with Gasteiger partial charge in [-0.1, -0.05) is 132 Å². The summed E-state index contributed by atoms with van der Waals surface area (Å²) in [6.07, 6.45) is 8.45. The van der Waals surface area contributed by atoms with E-state index in [2.05, 4.69) is 45.7 Å². The van der Waals surface area contributed by atoms with Gasteiger partial charge in [-0.15, -0.1) is 0 Å². The molecule has 280 valence electrons. The molecule has 9 heteroatoms. The maximum atomic E-state index is 13.0. The zero-order valence-electron chi connectivity index (χ0n) is 28.1. The topological polar surface area (TPSA) is 64.5 Å². The zero-order chi connectivity index (χ0) is 33.9. The number of halogens is 4. The fourth-order valence-electron chi connectivity index (χ4n) is 3.39. The molecule has 0 N–H and O–H groups in total. The number of pyridine rings is 3. The van der Waals surface area contributed by atoms with Gasteiger partial charge in [-0.25, -0.2) is 24.3 Å². The Morgan fingerprint density at radius 1 is 0.449 bits per heavy atom. The minimum absolute atomic E-state index is 0. The minimum atomic E-state index is -0.669. The first kappa shape index (κ1) is 54.7. The molecule has 4 aromatic heterocycles. The van der Waals surface area contributed by atoms with Crippen LogP contribution in [-0.4, -0.2) is 24.9 Å². The van der Waals surface area contributed by atoms with Gasteiger partial charge in [-0.05, 0) is 51.0 Å². The van der Waals surface area contributed by atoms with Crippen LogP contribution in [0, 0.1) is 23.8 Å². The van der Waals surface area contributed by atoms with Gasteiger partial charge in [0.15, 0.2) is 0 Å². The average Bonchev–Trinajstić information content (AvgIpc) is 2.88. The molecule has 0 unspecified atom stereocenters. The van der Waals surface area contributed by atoms with Gasteiger partial charge < -0.3 is 0 Å². The third-order valence-corrected chi connectivity index (χ3v) is 6.22. The van der Waals surface area contributed by atoms with E-state index in [0.29, 0.717) is 11.1 Å². The highest BCUT2D eigenvalue weighted by atomic mass is 18.2. The summed E-state index contributed by atoms with van der Waals surface area (Å²) in [6, 6.07) is 8.06. The van der Waals surface area contributed by atoms with E-state index in [1.54, 1.807) is 30.6 Å². The van der Waals surface area contributed by atoms with Crippen molar-refractivity contribution >= 4 is 0 Å². The molecular weight excluding hydrogens is 622 g/mol. The second kappa shape index (κ2) is 22.8. The summed E-state index contributed by atoms with van der Waals surface area (Å²) in [5, 5.41) is 0. The summed E-state index contributed by atoms with van der Waals surface area (Å²) in [5.41, 5.74) is 3.07. The molecule has 0 saturated heterocycles. The lowest BCUT2D eigenvalue weighted by Crippen LogP contribution is -2.14. The molecule has 4 rings (SSSR count). The van der Waals surface area contributed by atoms with Crippen molar-refractivity contribution in [3.05, 3.63) is 114 Å². The van der Waals surface area contributed by atoms with Gasteiger partial charge in [0.05, 0.1) is 0 Å². The molecule has 0 aliphatic rings. The van der Waals surface area contributed by atoms with Crippen LogP contribution in [0.4, 0.5) is 17.6 Å². The van der Waals surface area contributed by atoms with Crippen molar-refractivity contribution in [2.24, 2.45) is 0 Å². The summed E-state index contributed by atoms with van der Waals surface area (Å²) < 4.78 is 50.6. The normalized spacial score (nSPS) is 10.4. The molecule has 4 heterocycles. The van der Waals surface area contributed by atoms with Crippen LogP contribution in [0.3, 0.4) is 0 Å². The molecule has 0 amide bonds. The van der Waals surface area contributed by atoms with Crippen LogP contribution in [0.2, 0.25) is 0 Å². The quantitative estimate of drug-likeness (QED) is 0.104. The molecule has 0 radical (unpaired) electrons. The smallest absolute Gasteiger partial charge is 0.264 e. The molecule has 5 nitrogen and oxygen atoms in total. The zero-order valence-corrected chi connectivity index (χ0v) is 28.1. The van der Waals surface area contributed by atoms with E-state index in [1.807, 2.05) is 62.3 Å². The van der Waals surface area contributed by atoms with E-state index in [4.69, 9.17) is 0 Å². The van der Waals surface area contributed by atoms with Crippen LogP contribution in [-0.2, 0) is 21.7 Å². The SMILES string of the molecule is C.C.C.C.C.CC(C)(C)c1ccc([18F])nc1.CC(C)(C)c1cccnc1[18F].CC(C)(C)c1cnc([18F])nc1.CC(C)(C)c1cnccc1[18F]. The van der Waals surface area contributed by atoms with Gasteiger partial charge in [0, 0.05) is 48.3 Å². The van der Waals surface area contributed by atoms with Gasteiger partial charge in [0.2, 0.25) is 11.9 Å². The first-order valence-corrected chi connectivity index (χ1v) is 14.3. The van der Waals surface area contributed by atoms with E-state index in [-0.39, 0.29) is 70.6 Å². The van der Waals surface area contributed by atoms with Crippen molar-refractivity contribution in [1.82, 2.24) is 24.9 Å². The molecule has 0 aliphatic heterocycles. The number of rotatable bonds is 0. The van der Waals surface area contributed by atoms with Crippen LogP contribution in [0.1, 0.15) is 142 Å². The van der Waals surface area contributed by atoms with E-state index < -0.39 is 12.0 Å². The maximum absolute atomic E-state index is 13.0. The van der Waals surface area contributed by atoms with E-state index >= 15 is 0 Å². The number of aromatic nitrogens is 5. The van der Waals surface area contributed by atoms with Gasteiger partial charge >= 0.3 is 6.08 Å². The van der Waals surface area contributed by atoms with Crippen molar-refractivity contribution < 1.29 is 17.6 Å². The Labute approximate surface area is 297 Å². The van der Waals surface area contributed by atoms with Crippen LogP contribution in [0.5, 0.6) is 0 Å². The van der Waals surface area contributed by atoms with Crippen LogP contribution >= 0.6 is 0 Å². The van der Waals surface area contributed by atoms with Crippen molar-refractivity contribution in [3.8, 4) is 0 Å². The van der Waals surface area contributed by atoms with Gasteiger partial charge in [-0.3, -0.25) is 4.98 Å². The van der Waals surface area contributed by atoms with Gasteiger partial charge in [0.25, 0.3) is 0 Å². The van der Waals surface area contributed by atoms with Gasteiger partial charge in [0.1, 0.15) is 5.82 Å². The second-order valence-electron chi connectivity index (χ2n) is 14.3. The molecular formula is C40H67F4N5. The molecule has 0 bridgehead atoms. The standard InChI is InChI=1S/3C9H12FN.C8H11FN2.5CH4/c1-9(2,3)7-6-11-5-4-8(7)10;1-9(2,3)7-4-5-8(10)11-6-7;1-9(2,3)7-5-4-6-11-8(7)10;1-8(2,3)6-4-10-7(9)11-5-6;;;;;/h3*4-6H,1-3H3;4-5H,1-3H3;5*1H4/i3*10-1;9-1;;;;;. The Hall–Kier alpha value is -3.75. The van der Waals surface area contributed by atoms with Gasteiger partial charge in [-0.2, -0.15) is 13.2 Å². The fraction of sp³-hybridized carbons (Fsp3) is 0.525. The minimum Gasteiger partial charge on any atom is -0.264 e. The predicted molar refractivity (Wildman–Crippen MR) is 203 cm³/mol. The maximum Gasteiger partial charge on any atom is 0.308 e. The molecule has 0 spiro atoms. The molecule has 49 heavy (non-hydrogen) atoms. The monoisotopic (exact) mass is 690 g/mol. The molecule has 0 saturated carbocycles. The van der Waals surface area contributed by atoms with Crippen LogP contribution < -0.4 is 0 Å². The lowest BCUT2D eigenvalue weighted by molar-refractivity contribution is 0.499. The summed E-state index contributed by atoms with van der Waals surface area (Å²) >= 11 is 0. The average molecular weight is 690 g/mol. The van der Waals surface area contributed by atoms with Crippen molar-refractivity contribution in [3.63, 3.8) is 0 Å². The van der Waals surface area contributed by atoms with Crippen molar-refractivity contribution in [1.29, 1.82) is 0 Å². The Balaban J connectivity index is -0.000000170. The molecule has 0 aromatic carbocycles. The molecule has 0 aliphatic carbocycles. The molecule has 0 fully saturated rings. The third-order valence-electron chi connectivity index (χ3n) is 6.22. The Bertz CT molecular complexity index is 1300. The highest BCUT2D eigenvalue weighted by molar-refractivity contribution is 5.21. The number of nitrogens with zero attached hydrogens (tertiary/aromatic N) is 5. The summed E-state index contributed by atoms with van der Waals surface area (Å²) in [5.74, 6) is -0.953. The summed E-state index contributed by atoms with van der Waals surface area (Å²) in [6.45, 7) is 24.1. The van der Waals surface area contributed by atoms with E-state index in [0.717, 1.165) is 11.1 Å². The summed E-state index contributed by atoms with van der Waals surface area (Å²) in [7, 11) is 0. The van der Waals surface area contributed by atoms with E-state index in [1.165, 1.54) is 36.9 Å². The Kier molecular flexibility index (Phi) is 25.5. The van der Waals surface area contributed by atoms with E-state index in [9.17, 15) is 17.6 Å². The van der Waals surface area contributed by atoms with Crippen molar-refractivity contribution in [2.75, 3.05) is 0 Å². The van der Waals surface area contributed by atoms with Crippen molar-refractivity contribution in [2.45, 2.75) is 142 Å². The number of hydrogen-bond acceptors (Lipinski definition) is 5. The first-order valence-electron chi connectivity index (χ1n) is 14.3. The lowest BCUT2D eigenvalue weighted by atomic mass is 9.88. The molecule has 0 atom stereocenters. The van der Waals surface area contributed by atoms with Crippen LogP contribution in [0.25, 0.3) is 0 Å². The number of hydrogen-bond donors (Lipinski definition) is 0. The summed E-state index contributed by atoms with van der Waals surface area (Å²) in [4.78, 5) is 18.0. The fourth-order valence-corrected chi connectivity index (χ4v) is 3.39. The largest absolute Gasteiger partial charge is 0.308 e. The second-order valence-corrected chi connectivity index (χ2v) is 14.3. The molecule has 4 aromatic rings. The lowest BCUT2D eigenvalue weighted by Gasteiger charge is -2.18. The predicted octanol–water partition coefficient (Wildman–Crippen LogP) is 12.6. The van der Waals surface area contributed by atoms with Crippen LogP contribution in [0.15, 0.2) is 67.5 Å². The Morgan fingerprint density at radius 2 is 0.918 bits per heavy atom. The Morgan fingerprint density at radius 3 is 1.24 bits per heavy atom. The highest BCUT2D eigenvalue weighted by Gasteiger charge is 2.19. The third kappa shape index (κ3) is 20.4. The highest BCUT2D eigenvalue weighted by Crippen LogP contribution is 2.24. The first-order chi connectivity index (χ1) is 20.0.